The van der Waals surface area contributed by atoms with Crippen LogP contribution < -0.4 is 5.32 Å². The van der Waals surface area contributed by atoms with Crippen LogP contribution in [0.25, 0.3) is 44.4 Å². The Hall–Kier alpha value is -6.21. The molecule has 0 radical (unpaired) electrons. The first-order chi connectivity index (χ1) is 25.6. The number of carbonyl (C=O) groups is 1. The average Bonchev–Trinajstić information content (AvgIpc) is 3.54. The number of aliphatic carboxylic acids is 1. The number of nitrogens with zero attached hydrogens (tertiary/aromatic N) is 1. The molecule has 0 amide bonds. The number of rotatable bonds is 9. The van der Waals surface area contributed by atoms with Crippen LogP contribution in [-0.4, -0.2) is 16.1 Å². The lowest BCUT2D eigenvalue weighted by Crippen LogP contribution is -2.08. The second kappa shape index (κ2) is 13.7. The Balaban J connectivity index is 1.24. The minimum atomic E-state index is -4.60. The molecule has 262 valence electrons. The lowest BCUT2D eigenvalue weighted by Gasteiger charge is -2.18. The van der Waals surface area contributed by atoms with E-state index in [0.29, 0.717) is 36.0 Å². The summed E-state index contributed by atoms with van der Waals surface area (Å²) in [5.41, 5.74) is 11.1. The van der Waals surface area contributed by atoms with Gasteiger partial charge in [0.2, 0.25) is 0 Å². The van der Waals surface area contributed by atoms with E-state index < -0.39 is 23.6 Å². The van der Waals surface area contributed by atoms with Gasteiger partial charge in [-0.25, -0.2) is 4.98 Å². The molecule has 4 nitrogen and oxygen atoms in total. The van der Waals surface area contributed by atoms with Crippen LogP contribution >= 0.6 is 0 Å². The molecule has 7 aromatic rings. The molecule has 53 heavy (non-hydrogen) atoms. The number of pyridine rings is 1. The fourth-order valence-electron chi connectivity index (χ4n) is 7.37. The van der Waals surface area contributed by atoms with Gasteiger partial charge in [0, 0.05) is 23.2 Å². The lowest BCUT2D eigenvalue weighted by molar-refractivity contribution is -0.138. The number of carboxylic acids is 1. The fourth-order valence-corrected chi connectivity index (χ4v) is 7.37. The van der Waals surface area contributed by atoms with Crippen LogP contribution in [0.3, 0.4) is 0 Å². The van der Waals surface area contributed by atoms with Crippen molar-refractivity contribution in [3.63, 3.8) is 0 Å². The third-order valence-electron chi connectivity index (χ3n) is 10.2. The molecule has 1 unspecified atom stereocenters. The normalized spacial score (nSPS) is 12.7. The van der Waals surface area contributed by atoms with E-state index in [4.69, 9.17) is 4.98 Å². The molecule has 1 aliphatic rings. The van der Waals surface area contributed by atoms with E-state index in [-0.39, 0.29) is 5.52 Å². The van der Waals surface area contributed by atoms with Gasteiger partial charge < -0.3 is 10.4 Å². The van der Waals surface area contributed by atoms with E-state index in [1.165, 1.54) is 11.6 Å². The van der Waals surface area contributed by atoms with E-state index >= 15 is 0 Å². The number of para-hydroxylation sites is 1. The molecule has 0 bridgehead atoms. The second-order valence-electron chi connectivity index (χ2n) is 13.7. The largest absolute Gasteiger partial charge is 0.481 e. The van der Waals surface area contributed by atoms with Gasteiger partial charge in [-0.15, -0.1) is 0 Å². The van der Waals surface area contributed by atoms with Crippen molar-refractivity contribution in [3.05, 3.63) is 178 Å². The Morgan fingerprint density at radius 2 is 1.47 bits per heavy atom. The second-order valence-corrected chi connectivity index (χ2v) is 13.7. The number of benzene rings is 6. The van der Waals surface area contributed by atoms with Crippen LogP contribution in [0.2, 0.25) is 0 Å². The summed E-state index contributed by atoms with van der Waals surface area (Å²) in [6, 6.07) is 44.1. The molecule has 1 aromatic heterocycles. The summed E-state index contributed by atoms with van der Waals surface area (Å²) in [6.07, 6.45) is -3.26. The molecule has 1 atom stereocenters. The average molecular weight is 705 g/mol. The maximum absolute atomic E-state index is 14.6. The standard InChI is InChI=1S/C46H35F3N2O2/c1-28(45(52)53)32-19-17-30(18-20-32)27-50-35-13-7-12-33(24-35)38-26-43(51-44-37(38)15-8-16-42(44)46(47,48)49)41-23-31(21-29-9-3-2-4-10-29)22-39-36-14-6-5-11-34(36)25-40(39)41/h2-20,22-24,26,28,50H,21,25,27H2,1H3,(H,52,53). The van der Waals surface area contributed by atoms with Crippen molar-refractivity contribution in [2.45, 2.75) is 38.4 Å². The number of aromatic nitrogens is 1. The maximum atomic E-state index is 14.6. The third kappa shape index (κ3) is 6.78. The number of halogens is 3. The zero-order valence-corrected chi connectivity index (χ0v) is 28.9. The van der Waals surface area contributed by atoms with Crippen LogP contribution in [0.4, 0.5) is 18.9 Å². The predicted molar refractivity (Wildman–Crippen MR) is 205 cm³/mol. The van der Waals surface area contributed by atoms with Crippen LogP contribution in [0.5, 0.6) is 0 Å². The Kier molecular flexibility index (Phi) is 8.79. The van der Waals surface area contributed by atoms with Crippen molar-refractivity contribution in [2.24, 2.45) is 0 Å². The molecule has 0 saturated carbocycles. The lowest BCUT2D eigenvalue weighted by atomic mass is 9.91. The van der Waals surface area contributed by atoms with Gasteiger partial charge in [-0.1, -0.05) is 109 Å². The van der Waals surface area contributed by atoms with Gasteiger partial charge >= 0.3 is 12.1 Å². The molecule has 6 aromatic carbocycles. The molecule has 1 aliphatic carbocycles. The van der Waals surface area contributed by atoms with Crippen LogP contribution in [0.1, 0.15) is 51.8 Å². The summed E-state index contributed by atoms with van der Waals surface area (Å²) in [6.45, 7) is 2.13. The van der Waals surface area contributed by atoms with Crippen molar-refractivity contribution in [3.8, 4) is 33.5 Å². The van der Waals surface area contributed by atoms with Crippen LogP contribution in [-0.2, 0) is 30.4 Å². The molecular weight excluding hydrogens is 670 g/mol. The quantitative estimate of drug-likeness (QED) is 0.157. The SMILES string of the molecule is CC(C(=O)O)c1ccc(CNc2cccc(-c3cc(-c4cc(Cc5ccccc5)cc5c4Cc4ccccc4-5)nc4c(C(F)(F)F)cccc34)c2)cc1. The summed E-state index contributed by atoms with van der Waals surface area (Å²) in [5.74, 6) is -1.48. The fraction of sp³-hybridized carbons (Fsp3) is 0.130. The van der Waals surface area contributed by atoms with Gasteiger partial charge in [0.05, 0.1) is 22.7 Å². The monoisotopic (exact) mass is 704 g/mol. The first-order valence-electron chi connectivity index (χ1n) is 17.6. The minimum Gasteiger partial charge on any atom is -0.481 e. The van der Waals surface area contributed by atoms with Crippen molar-refractivity contribution in [2.75, 3.05) is 5.32 Å². The summed E-state index contributed by atoms with van der Waals surface area (Å²) in [7, 11) is 0. The zero-order chi connectivity index (χ0) is 36.7. The van der Waals surface area contributed by atoms with Crippen LogP contribution in [0.15, 0.2) is 140 Å². The Labute approximate surface area is 305 Å². The zero-order valence-electron chi connectivity index (χ0n) is 28.9. The molecule has 7 heteroatoms. The van der Waals surface area contributed by atoms with E-state index in [1.807, 2.05) is 84.9 Å². The molecule has 2 N–H and O–H groups in total. The molecular formula is C46H35F3N2O2. The number of hydrogen-bond acceptors (Lipinski definition) is 3. The highest BCUT2D eigenvalue weighted by Crippen LogP contribution is 2.45. The highest BCUT2D eigenvalue weighted by molar-refractivity contribution is 5.99. The molecule has 0 aliphatic heterocycles. The summed E-state index contributed by atoms with van der Waals surface area (Å²) >= 11 is 0. The highest BCUT2D eigenvalue weighted by atomic mass is 19.4. The number of nitrogens with one attached hydrogen (secondary N) is 1. The van der Waals surface area contributed by atoms with Gasteiger partial charge in [0.1, 0.15) is 0 Å². The van der Waals surface area contributed by atoms with E-state index in [0.717, 1.165) is 61.8 Å². The highest BCUT2D eigenvalue weighted by Gasteiger charge is 2.34. The minimum absolute atomic E-state index is 0.0840. The predicted octanol–water partition coefficient (Wildman–Crippen LogP) is 11.5. The van der Waals surface area contributed by atoms with Crippen molar-refractivity contribution in [1.82, 2.24) is 4.98 Å². The van der Waals surface area contributed by atoms with E-state index in [1.54, 1.807) is 13.0 Å². The van der Waals surface area contributed by atoms with Gasteiger partial charge in [-0.2, -0.15) is 13.2 Å². The Morgan fingerprint density at radius 3 is 2.25 bits per heavy atom. The van der Waals surface area contributed by atoms with E-state index in [2.05, 4.69) is 41.7 Å². The smallest absolute Gasteiger partial charge is 0.418 e. The number of fused-ring (bicyclic) bond motifs is 4. The van der Waals surface area contributed by atoms with Crippen molar-refractivity contribution in [1.29, 1.82) is 0 Å². The van der Waals surface area contributed by atoms with Crippen molar-refractivity contribution >= 4 is 22.6 Å². The van der Waals surface area contributed by atoms with Gasteiger partial charge in [0.15, 0.2) is 0 Å². The molecule has 0 saturated heterocycles. The van der Waals surface area contributed by atoms with Gasteiger partial charge in [-0.05, 0) is 106 Å². The number of carboxylic acid groups (broad SMARTS) is 1. The molecule has 1 heterocycles. The number of hydrogen-bond donors (Lipinski definition) is 2. The Morgan fingerprint density at radius 1 is 0.736 bits per heavy atom. The van der Waals surface area contributed by atoms with Gasteiger partial charge in [-0.3, -0.25) is 4.79 Å². The van der Waals surface area contributed by atoms with Gasteiger partial charge in [0.25, 0.3) is 0 Å². The molecule has 0 spiro atoms. The van der Waals surface area contributed by atoms with Crippen LogP contribution in [0, 0.1) is 0 Å². The number of anilines is 1. The van der Waals surface area contributed by atoms with E-state index in [9.17, 15) is 23.1 Å². The summed E-state index contributed by atoms with van der Waals surface area (Å²) < 4.78 is 43.9. The first kappa shape index (κ1) is 33.9. The molecule has 8 rings (SSSR count). The maximum Gasteiger partial charge on any atom is 0.418 e. The van der Waals surface area contributed by atoms with Crippen molar-refractivity contribution < 1.29 is 23.1 Å². The Bertz CT molecular complexity index is 2490. The molecule has 0 fully saturated rings. The first-order valence-corrected chi connectivity index (χ1v) is 17.6. The third-order valence-corrected chi connectivity index (χ3v) is 10.2. The number of alkyl halides is 3. The summed E-state index contributed by atoms with van der Waals surface area (Å²) in [5, 5.41) is 13.2. The summed E-state index contributed by atoms with van der Waals surface area (Å²) in [4.78, 5) is 16.2. The topological polar surface area (TPSA) is 62.2 Å².